The maximum atomic E-state index is 12.3. The molecule has 0 fully saturated rings. The van der Waals surface area contributed by atoms with E-state index < -0.39 is 13.9 Å². The number of hydrogen-bond donors (Lipinski definition) is 2. The van der Waals surface area contributed by atoms with E-state index >= 15 is 0 Å². The number of benzene rings is 1. The first-order valence-electron chi connectivity index (χ1n) is 15.2. The zero-order valence-corrected chi connectivity index (χ0v) is 27.0. The van der Waals surface area contributed by atoms with E-state index in [1.165, 1.54) is 37.6 Å². The molecule has 0 saturated carbocycles. The minimum absolute atomic E-state index is 0.0247. The van der Waals surface area contributed by atoms with Gasteiger partial charge in [-0.3, -0.25) is 4.57 Å². The van der Waals surface area contributed by atoms with E-state index in [0.717, 1.165) is 24.8 Å². The Morgan fingerprint density at radius 3 is 2.42 bits per heavy atom. The molecule has 1 aromatic carbocycles. The number of unbranched alkanes of at least 4 members (excludes halogenated alkanes) is 5. The second-order valence-electron chi connectivity index (χ2n) is 11.9. The highest BCUT2D eigenvalue weighted by molar-refractivity contribution is 7.52. The van der Waals surface area contributed by atoms with E-state index in [0.29, 0.717) is 43.2 Å². The van der Waals surface area contributed by atoms with Crippen molar-refractivity contribution in [2.45, 2.75) is 91.7 Å². The maximum Gasteiger partial charge on any atom is 0.353 e. The molecule has 3 rings (SSSR count). The number of nitrogens with zero attached hydrogens (tertiary/aromatic N) is 4. The van der Waals surface area contributed by atoms with Gasteiger partial charge in [0, 0.05) is 24.2 Å². The van der Waals surface area contributed by atoms with Crippen molar-refractivity contribution in [3.8, 4) is 11.8 Å². The summed E-state index contributed by atoms with van der Waals surface area (Å²) in [7, 11) is -3.86. The lowest BCUT2D eigenvalue weighted by Gasteiger charge is -2.17. The molecule has 0 aliphatic rings. The van der Waals surface area contributed by atoms with Gasteiger partial charge in [0.25, 0.3) is 0 Å². The zero-order chi connectivity index (χ0) is 31.1. The third-order valence-corrected chi connectivity index (χ3v) is 7.73. The number of aryl methyl sites for hydroxylation is 1. The number of ether oxygens (including phenoxy) is 2. The van der Waals surface area contributed by atoms with Crippen LogP contribution in [0.4, 0.5) is 5.82 Å². The van der Waals surface area contributed by atoms with Crippen LogP contribution in [-0.2, 0) is 31.5 Å². The molecule has 3 N–H and O–H groups in total. The van der Waals surface area contributed by atoms with Gasteiger partial charge in [0.2, 0.25) is 0 Å². The number of imidazole rings is 1. The lowest BCUT2D eigenvalue weighted by Crippen LogP contribution is -2.17. The molecule has 0 saturated heterocycles. The molecule has 0 radical (unpaired) electrons. The van der Waals surface area contributed by atoms with Gasteiger partial charge in [-0.05, 0) is 71.1 Å². The largest absolute Gasteiger partial charge is 0.382 e. The van der Waals surface area contributed by atoms with Gasteiger partial charge >= 0.3 is 7.60 Å². The average Bonchev–Trinajstić information content (AvgIpc) is 3.37. The Bertz CT molecular complexity index is 1360. The number of nitrogen functional groups attached to an aromatic ring is 1. The fraction of sp³-hybridized carbons (Fsp3) is 0.594. The Balaban J connectivity index is 1.14. The normalized spacial score (nSPS) is 13.9. The third kappa shape index (κ3) is 13.6. The molecule has 43 heavy (non-hydrogen) atoms. The van der Waals surface area contributed by atoms with E-state index in [4.69, 9.17) is 19.7 Å². The van der Waals surface area contributed by atoms with Gasteiger partial charge in [-0.2, -0.15) is 0 Å². The van der Waals surface area contributed by atoms with E-state index in [9.17, 15) is 9.46 Å². The van der Waals surface area contributed by atoms with Crippen LogP contribution in [0.3, 0.4) is 0 Å². The van der Waals surface area contributed by atoms with Crippen molar-refractivity contribution in [3.63, 3.8) is 0 Å². The Hall–Kier alpha value is -2.80. The van der Waals surface area contributed by atoms with Gasteiger partial charge < -0.3 is 29.2 Å². The number of fused-ring (bicyclic) bond motifs is 1. The Morgan fingerprint density at radius 1 is 0.977 bits per heavy atom. The van der Waals surface area contributed by atoms with Crippen LogP contribution >= 0.6 is 7.60 Å². The second-order valence-corrected chi connectivity index (χ2v) is 13.7. The van der Waals surface area contributed by atoms with E-state index in [-0.39, 0.29) is 18.1 Å². The lowest BCUT2D eigenvalue weighted by molar-refractivity contribution is 0.0688. The van der Waals surface area contributed by atoms with Crippen molar-refractivity contribution in [2.24, 2.45) is 5.41 Å². The summed E-state index contributed by atoms with van der Waals surface area (Å²) in [5.74, 6) is 6.83. The summed E-state index contributed by atoms with van der Waals surface area (Å²) in [5, 5.41) is 0. The molecule has 0 bridgehead atoms. The summed E-state index contributed by atoms with van der Waals surface area (Å²) in [6, 6.07) is 8.64. The molecule has 10 nitrogen and oxygen atoms in total. The van der Waals surface area contributed by atoms with Crippen LogP contribution in [0.2, 0.25) is 0 Å². The average molecular weight is 614 g/mol. The minimum atomic E-state index is -3.86. The van der Waals surface area contributed by atoms with Crippen molar-refractivity contribution >= 4 is 24.6 Å². The number of rotatable bonds is 19. The number of aromatic nitrogens is 4. The first-order valence-corrected chi connectivity index (χ1v) is 17.0. The van der Waals surface area contributed by atoms with Crippen LogP contribution in [0, 0.1) is 17.3 Å². The Morgan fingerprint density at radius 2 is 1.67 bits per heavy atom. The fourth-order valence-electron chi connectivity index (χ4n) is 4.35. The van der Waals surface area contributed by atoms with E-state index in [2.05, 4.69) is 71.8 Å². The van der Waals surface area contributed by atoms with Crippen molar-refractivity contribution < 1.29 is 23.5 Å². The second kappa shape index (κ2) is 17.5. The van der Waals surface area contributed by atoms with Gasteiger partial charge in [-0.15, -0.1) is 0 Å². The van der Waals surface area contributed by atoms with Crippen LogP contribution in [0.5, 0.6) is 0 Å². The first kappa shape index (κ1) is 34.7. The van der Waals surface area contributed by atoms with Gasteiger partial charge in [-0.1, -0.05) is 49.7 Å². The molecular formula is C32H48N5O5P. The Labute approximate surface area is 256 Å². The molecule has 1 unspecified atom stereocenters. The standard InChI is InChI=1S/C32H48N5O5P/c1-26(22-37-24-36-29-30(33)34-23-35-31(29)37)41-25-43(38,39)42-21-11-20-40-19-10-8-6-5-7-9-12-27-13-15-28(16-14-27)17-18-32(2,3)4/h13-16,23-24,26H,5-12,19-22,25H2,1-4H3,(H,38,39)(H2,33,34,35)/t26-/m1/s1. The molecule has 3 aromatic rings. The number of anilines is 1. The molecule has 0 spiro atoms. The molecule has 2 heterocycles. The molecule has 0 aliphatic heterocycles. The molecule has 2 atom stereocenters. The summed E-state index contributed by atoms with van der Waals surface area (Å²) in [4.78, 5) is 22.4. The summed E-state index contributed by atoms with van der Waals surface area (Å²) >= 11 is 0. The van der Waals surface area contributed by atoms with E-state index in [1.54, 1.807) is 17.8 Å². The predicted molar refractivity (Wildman–Crippen MR) is 171 cm³/mol. The van der Waals surface area contributed by atoms with Crippen LogP contribution in [-0.4, -0.2) is 56.7 Å². The monoisotopic (exact) mass is 613 g/mol. The van der Waals surface area contributed by atoms with Crippen molar-refractivity contribution in [1.82, 2.24) is 19.5 Å². The van der Waals surface area contributed by atoms with Crippen molar-refractivity contribution in [3.05, 3.63) is 48.0 Å². The quantitative estimate of drug-likeness (QED) is 0.0899. The van der Waals surface area contributed by atoms with Crippen LogP contribution in [0.25, 0.3) is 11.2 Å². The summed E-state index contributed by atoms with van der Waals surface area (Å²) in [5.41, 5.74) is 9.39. The number of nitrogens with two attached hydrogens (primary N) is 1. The summed E-state index contributed by atoms with van der Waals surface area (Å²) < 4.78 is 30.5. The van der Waals surface area contributed by atoms with Gasteiger partial charge in [-0.25, -0.2) is 15.0 Å². The van der Waals surface area contributed by atoms with Gasteiger partial charge in [0.1, 0.15) is 18.2 Å². The SMILES string of the molecule is C[C@H](Cn1cnc2c(N)ncnc21)OCP(=O)(O)OCCCOCCCCCCCCc1ccc(C#CC(C)(C)C)cc1. The highest BCUT2D eigenvalue weighted by Gasteiger charge is 2.21. The Kier molecular flexibility index (Phi) is 14.1. The van der Waals surface area contributed by atoms with Crippen LogP contribution in [0.15, 0.2) is 36.9 Å². The molecular weight excluding hydrogens is 565 g/mol. The first-order chi connectivity index (χ1) is 20.5. The highest BCUT2D eigenvalue weighted by Crippen LogP contribution is 2.42. The molecule has 236 valence electrons. The fourth-order valence-corrected chi connectivity index (χ4v) is 5.28. The summed E-state index contributed by atoms with van der Waals surface area (Å²) in [6.45, 7) is 9.90. The zero-order valence-electron chi connectivity index (χ0n) is 26.1. The highest BCUT2D eigenvalue weighted by atomic mass is 31.2. The van der Waals surface area contributed by atoms with Gasteiger partial charge in [0.15, 0.2) is 11.5 Å². The van der Waals surface area contributed by atoms with Crippen LogP contribution < -0.4 is 5.73 Å². The molecule has 0 amide bonds. The summed E-state index contributed by atoms with van der Waals surface area (Å²) in [6.07, 6.45) is 10.9. The van der Waals surface area contributed by atoms with Crippen molar-refractivity contribution in [2.75, 3.05) is 31.9 Å². The molecule has 0 aliphatic carbocycles. The third-order valence-electron chi connectivity index (χ3n) is 6.67. The lowest BCUT2D eigenvalue weighted by atomic mass is 9.97. The minimum Gasteiger partial charge on any atom is -0.382 e. The molecule has 2 aromatic heterocycles. The van der Waals surface area contributed by atoms with Gasteiger partial charge in [0.05, 0.1) is 25.6 Å². The molecule has 11 heteroatoms. The smallest absolute Gasteiger partial charge is 0.353 e. The van der Waals surface area contributed by atoms with E-state index in [1.807, 2.05) is 0 Å². The van der Waals surface area contributed by atoms with Crippen LogP contribution in [0.1, 0.15) is 83.8 Å². The predicted octanol–water partition coefficient (Wildman–Crippen LogP) is 6.36. The topological polar surface area (TPSA) is 135 Å². The van der Waals surface area contributed by atoms with Crippen molar-refractivity contribution in [1.29, 1.82) is 0 Å². The number of hydrogen-bond acceptors (Lipinski definition) is 8. The maximum absolute atomic E-state index is 12.3.